The van der Waals surface area contributed by atoms with Gasteiger partial charge in [-0.2, -0.15) is 13.2 Å². The molecule has 1 fully saturated rings. The number of para-hydroxylation sites is 1. The van der Waals surface area contributed by atoms with Crippen molar-refractivity contribution in [3.63, 3.8) is 0 Å². The molecule has 3 rings (SSSR count). The quantitative estimate of drug-likeness (QED) is 0.646. The zero-order chi connectivity index (χ0) is 23.1. The van der Waals surface area contributed by atoms with E-state index >= 15 is 0 Å². The molecule has 172 valence electrons. The Kier molecular flexibility index (Phi) is 8.11. The van der Waals surface area contributed by atoms with Gasteiger partial charge >= 0.3 is 6.18 Å². The van der Waals surface area contributed by atoms with Gasteiger partial charge in [-0.05, 0) is 30.3 Å². The minimum absolute atomic E-state index is 0.00921. The number of carbonyl (C=O) groups excluding carboxylic acids is 2. The molecule has 0 spiro atoms. The molecule has 1 aliphatic heterocycles. The Bertz CT molecular complexity index is 947. The lowest BCUT2D eigenvalue weighted by atomic mass is 10.1. The van der Waals surface area contributed by atoms with Crippen LogP contribution in [0.5, 0.6) is 0 Å². The largest absolute Gasteiger partial charge is 0.418 e. The highest BCUT2D eigenvalue weighted by Crippen LogP contribution is 2.34. The third-order valence-corrected chi connectivity index (χ3v) is 5.34. The molecule has 32 heavy (non-hydrogen) atoms. The van der Waals surface area contributed by atoms with Gasteiger partial charge in [-0.3, -0.25) is 14.5 Å². The Morgan fingerprint density at radius 1 is 0.906 bits per heavy atom. The van der Waals surface area contributed by atoms with Crippen LogP contribution in [0.25, 0.3) is 0 Å². The first-order valence-corrected chi connectivity index (χ1v) is 10.5. The Morgan fingerprint density at radius 2 is 1.59 bits per heavy atom. The van der Waals surface area contributed by atoms with Gasteiger partial charge in [-0.25, -0.2) is 0 Å². The molecule has 0 aromatic heterocycles. The van der Waals surface area contributed by atoms with E-state index in [0.29, 0.717) is 49.9 Å². The maximum Gasteiger partial charge on any atom is 0.418 e. The Labute approximate surface area is 189 Å². The normalized spacial score (nSPS) is 15.4. The number of benzene rings is 2. The van der Waals surface area contributed by atoms with Crippen molar-refractivity contribution < 1.29 is 22.8 Å². The molecule has 0 aliphatic carbocycles. The van der Waals surface area contributed by atoms with Crippen LogP contribution in [0.2, 0.25) is 5.02 Å². The number of hydrogen-bond donors (Lipinski definition) is 2. The molecule has 2 aromatic rings. The number of nitrogens with zero attached hydrogens (tertiary/aromatic N) is 2. The number of carbonyl (C=O) groups is 2. The maximum absolute atomic E-state index is 13.1. The molecule has 1 saturated heterocycles. The second-order valence-corrected chi connectivity index (χ2v) is 7.95. The van der Waals surface area contributed by atoms with Gasteiger partial charge in [-0.15, -0.1) is 0 Å². The average molecular weight is 469 g/mol. The topological polar surface area (TPSA) is 64.7 Å². The Balaban J connectivity index is 1.39. The summed E-state index contributed by atoms with van der Waals surface area (Å²) in [5.41, 5.74) is -0.464. The molecule has 0 unspecified atom stereocenters. The molecule has 1 heterocycles. The van der Waals surface area contributed by atoms with Gasteiger partial charge in [0.05, 0.1) is 17.8 Å². The van der Waals surface area contributed by atoms with E-state index in [1.54, 1.807) is 24.3 Å². The maximum atomic E-state index is 13.1. The second-order valence-electron chi connectivity index (χ2n) is 7.52. The number of rotatable bonds is 7. The molecule has 0 saturated carbocycles. The number of halogens is 4. The standard InChI is InChI=1S/C22H24ClF3N4O2/c23-16-4-3-5-17(14-16)27-20(31)8-9-29-10-12-30(13-11-29)15-21(32)28-19-7-2-1-6-18(19)22(24,25)26/h1-7,14H,8-13,15H2,(H,27,31)(H,28,32). The highest BCUT2D eigenvalue weighted by molar-refractivity contribution is 6.30. The van der Waals surface area contributed by atoms with Crippen LogP contribution in [-0.2, 0) is 15.8 Å². The van der Waals surface area contributed by atoms with E-state index in [-0.39, 0.29) is 18.1 Å². The molecular formula is C22H24ClF3N4O2. The molecule has 6 nitrogen and oxygen atoms in total. The molecular weight excluding hydrogens is 445 g/mol. The van der Waals surface area contributed by atoms with Crippen molar-refractivity contribution >= 4 is 34.8 Å². The first-order valence-electron chi connectivity index (χ1n) is 10.2. The van der Waals surface area contributed by atoms with Crippen molar-refractivity contribution in [3.05, 3.63) is 59.1 Å². The van der Waals surface area contributed by atoms with E-state index < -0.39 is 17.6 Å². The lowest BCUT2D eigenvalue weighted by Crippen LogP contribution is -2.49. The first kappa shape index (κ1) is 24.0. The van der Waals surface area contributed by atoms with Crippen LogP contribution in [0.3, 0.4) is 0 Å². The predicted octanol–water partition coefficient (Wildman–Crippen LogP) is 3.94. The third kappa shape index (κ3) is 7.22. The van der Waals surface area contributed by atoms with Crippen LogP contribution < -0.4 is 10.6 Å². The predicted molar refractivity (Wildman–Crippen MR) is 118 cm³/mol. The van der Waals surface area contributed by atoms with Crippen molar-refractivity contribution in [1.29, 1.82) is 0 Å². The summed E-state index contributed by atoms with van der Waals surface area (Å²) in [5.74, 6) is -0.603. The van der Waals surface area contributed by atoms with Gasteiger partial charge in [0.25, 0.3) is 0 Å². The van der Waals surface area contributed by atoms with Crippen LogP contribution >= 0.6 is 11.6 Å². The average Bonchev–Trinajstić information content (AvgIpc) is 2.73. The minimum Gasteiger partial charge on any atom is -0.326 e. The molecule has 1 aliphatic rings. The zero-order valence-electron chi connectivity index (χ0n) is 17.3. The minimum atomic E-state index is -4.53. The Hall–Kier alpha value is -2.62. The smallest absolute Gasteiger partial charge is 0.326 e. The monoisotopic (exact) mass is 468 g/mol. The molecule has 0 atom stereocenters. The summed E-state index contributed by atoms with van der Waals surface area (Å²) in [6.07, 6.45) is -4.21. The molecule has 0 bridgehead atoms. The summed E-state index contributed by atoms with van der Waals surface area (Å²) >= 11 is 5.91. The number of alkyl halides is 3. The fourth-order valence-electron chi connectivity index (χ4n) is 3.45. The summed E-state index contributed by atoms with van der Waals surface area (Å²) in [7, 11) is 0. The van der Waals surface area contributed by atoms with E-state index in [9.17, 15) is 22.8 Å². The number of amides is 2. The first-order chi connectivity index (χ1) is 15.2. The van der Waals surface area contributed by atoms with Crippen molar-refractivity contribution in [3.8, 4) is 0 Å². The third-order valence-electron chi connectivity index (χ3n) is 5.10. The molecule has 2 aromatic carbocycles. The van der Waals surface area contributed by atoms with Crippen molar-refractivity contribution in [2.24, 2.45) is 0 Å². The lowest BCUT2D eigenvalue weighted by Gasteiger charge is -2.34. The molecule has 0 radical (unpaired) electrons. The van der Waals surface area contributed by atoms with Gasteiger partial charge in [0.1, 0.15) is 0 Å². The fourth-order valence-corrected chi connectivity index (χ4v) is 3.64. The van der Waals surface area contributed by atoms with Crippen LogP contribution in [-0.4, -0.2) is 60.9 Å². The fraction of sp³-hybridized carbons (Fsp3) is 0.364. The molecule has 10 heteroatoms. The van der Waals surface area contributed by atoms with E-state index in [4.69, 9.17) is 11.6 Å². The van der Waals surface area contributed by atoms with Crippen LogP contribution in [0.4, 0.5) is 24.5 Å². The second kappa shape index (κ2) is 10.8. The number of nitrogens with one attached hydrogen (secondary N) is 2. The lowest BCUT2D eigenvalue weighted by molar-refractivity contribution is -0.137. The highest BCUT2D eigenvalue weighted by atomic mass is 35.5. The van der Waals surface area contributed by atoms with E-state index in [1.807, 2.05) is 4.90 Å². The highest BCUT2D eigenvalue weighted by Gasteiger charge is 2.33. The van der Waals surface area contributed by atoms with E-state index in [1.165, 1.54) is 18.2 Å². The van der Waals surface area contributed by atoms with Gasteiger partial charge in [0.2, 0.25) is 11.8 Å². The van der Waals surface area contributed by atoms with Crippen molar-refractivity contribution in [2.75, 3.05) is 49.9 Å². The molecule has 2 N–H and O–H groups in total. The SMILES string of the molecule is O=C(CCN1CCN(CC(=O)Nc2ccccc2C(F)(F)F)CC1)Nc1cccc(Cl)c1. The molecule has 2 amide bonds. The Morgan fingerprint density at radius 3 is 2.28 bits per heavy atom. The number of anilines is 2. The summed E-state index contributed by atoms with van der Waals surface area (Å²) < 4.78 is 39.2. The van der Waals surface area contributed by atoms with Gasteiger partial charge < -0.3 is 15.5 Å². The van der Waals surface area contributed by atoms with Crippen LogP contribution in [0, 0.1) is 0 Å². The number of hydrogen-bond acceptors (Lipinski definition) is 4. The van der Waals surface area contributed by atoms with Crippen molar-refractivity contribution in [2.45, 2.75) is 12.6 Å². The zero-order valence-corrected chi connectivity index (χ0v) is 18.0. The summed E-state index contributed by atoms with van der Waals surface area (Å²) in [4.78, 5) is 28.4. The van der Waals surface area contributed by atoms with Gasteiger partial charge in [0, 0.05) is 49.9 Å². The summed E-state index contributed by atoms with van der Waals surface area (Å²) in [6.45, 7) is 3.09. The summed E-state index contributed by atoms with van der Waals surface area (Å²) in [6, 6.07) is 11.8. The van der Waals surface area contributed by atoms with Crippen molar-refractivity contribution in [1.82, 2.24) is 9.80 Å². The van der Waals surface area contributed by atoms with Crippen LogP contribution in [0.15, 0.2) is 48.5 Å². The van der Waals surface area contributed by atoms with E-state index in [2.05, 4.69) is 15.5 Å². The summed E-state index contributed by atoms with van der Waals surface area (Å²) in [5, 5.41) is 5.71. The van der Waals surface area contributed by atoms with E-state index in [0.717, 1.165) is 6.07 Å². The van der Waals surface area contributed by atoms with Crippen LogP contribution in [0.1, 0.15) is 12.0 Å². The number of piperazine rings is 1. The van der Waals surface area contributed by atoms with Gasteiger partial charge in [0.15, 0.2) is 0 Å². The van der Waals surface area contributed by atoms with Gasteiger partial charge in [-0.1, -0.05) is 29.8 Å².